The molecule has 90 valence electrons. The van der Waals surface area contributed by atoms with Crippen LogP contribution in [0.1, 0.15) is 20.7 Å². The van der Waals surface area contributed by atoms with E-state index in [1.807, 2.05) is 0 Å². The normalized spacial score (nSPS) is 9.53. The van der Waals surface area contributed by atoms with E-state index in [0.29, 0.717) is 0 Å². The minimum Gasteiger partial charge on any atom is -0.465 e. The molecule has 0 aromatic heterocycles. The van der Waals surface area contributed by atoms with Gasteiger partial charge in [-0.25, -0.2) is 9.59 Å². The number of benzene rings is 1. The van der Waals surface area contributed by atoms with Crippen LogP contribution in [0.5, 0.6) is 0 Å². The topological polar surface area (TPSA) is 95.7 Å². The standard InChI is InChI=1S/C10H9NO6/c1-16-9(12)6-4-3-5-7(11(14)15)8(6)10(13)17-2/h3-5H,1-2H3. The SMILES string of the molecule is COC(=O)c1cccc([N+](=O)[O-])c1C(=O)OC. The highest BCUT2D eigenvalue weighted by molar-refractivity contribution is 6.05. The molecule has 0 radical (unpaired) electrons. The third kappa shape index (κ3) is 2.39. The number of hydrogen-bond donors (Lipinski definition) is 0. The van der Waals surface area contributed by atoms with Crippen molar-refractivity contribution in [3.05, 3.63) is 39.4 Å². The lowest BCUT2D eigenvalue weighted by Crippen LogP contribution is -2.14. The summed E-state index contributed by atoms with van der Waals surface area (Å²) < 4.78 is 8.85. The van der Waals surface area contributed by atoms with Crippen molar-refractivity contribution < 1.29 is 24.0 Å². The minimum atomic E-state index is -0.960. The molecule has 0 heterocycles. The molecule has 0 aliphatic carbocycles. The summed E-state index contributed by atoms with van der Waals surface area (Å²) >= 11 is 0. The molecule has 1 aromatic rings. The molecule has 0 saturated carbocycles. The van der Waals surface area contributed by atoms with Crippen molar-refractivity contribution >= 4 is 17.6 Å². The summed E-state index contributed by atoms with van der Waals surface area (Å²) in [5.74, 6) is -1.80. The number of rotatable bonds is 3. The summed E-state index contributed by atoms with van der Waals surface area (Å²) in [5.41, 5.74) is -1.11. The maximum Gasteiger partial charge on any atom is 0.345 e. The number of nitro benzene ring substituents is 1. The van der Waals surface area contributed by atoms with E-state index in [2.05, 4.69) is 9.47 Å². The van der Waals surface area contributed by atoms with Gasteiger partial charge in [0.1, 0.15) is 0 Å². The average Bonchev–Trinajstić information content (AvgIpc) is 2.35. The van der Waals surface area contributed by atoms with Crippen LogP contribution < -0.4 is 0 Å². The third-order valence-corrected chi connectivity index (χ3v) is 2.03. The number of carbonyl (C=O) groups excluding carboxylic acids is 2. The highest BCUT2D eigenvalue weighted by Gasteiger charge is 2.28. The maximum atomic E-state index is 11.4. The van der Waals surface area contributed by atoms with Gasteiger partial charge >= 0.3 is 11.9 Å². The number of methoxy groups -OCH3 is 2. The van der Waals surface area contributed by atoms with Crippen LogP contribution >= 0.6 is 0 Å². The zero-order valence-electron chi connectivity index (χ0n) is 9.13. The van der Waals surface area contributed by atoms with Crippen molar-refractivity contribution in [3.8, 4) is 0 Å². The Bertz CT molecular complexity index is 482. The second-order valence-electron chi connectivity index (χ2n) is 2.94. The Morgan fingerprint density at radius 1 is 1.18 bits per heavy atom. The molecule has 0 fully saturated rings. The molecule has 0 bridgehead atoms. The summed E-state index contributed by atoms with van der Waals surface area (Å²) in [6, 6.07) is 3.65. The summed E-state index contributed by atoms with van der Waals surface area (Å²) in [4.78, 5) is 32.8. The van der Waals surface area contributed by atoms with Gasteiger partial charge in [-0.2, -0.15) is 0 Å². The first-order valence-electron chi connectivity index (χ1n) is 4.47. The molecular weight excluding hydrogens is 230 g/mol. The Balaban J connectivity index is 3.50. The molecule has 17 heavy (non-hydrogen) atoms. The van der Waals surface area contributed by atoms with Crippen LogP contribution in [0.3, 0.4) is 0 Å². The number of ether oxygens (including phenoxy) is 2. The molecule has 0 saturated heterocycles. The Morgan fingerprint density at radius 3 is 2.24 bits per heavy atom. The molecule has 7 heteroatoms. The molecule has 1 rings (SSSR count). The highest BCUT2D eigenvalue weighted by Crippen LogP contribution is 2.23. The van der Waals surface area contributed by atoms with Gasteiger partial charge in [0.25, 0.3) is 5.69 Å². The first-order chi connectivity index (χ1) is 8.02. The third-order valence-electron chi connectivity index (χ3n) is 2.03. The van der Waals surface area contributed by atoms with Crippen molar-refractivity contribution in [2.75, 3.05) is 14.2 Å². The fraction of sp³-hybridized carbons (Fsp3) is 0.200. The van der Waals surface area contributed by atoms with Crippen LogP contribution in [-0.4, -0.2) is 31.1 Å². The second kappa shape index (κ2) is 5.06. The summed E-state index contributed by atoms with van der Waals surface area (Å²) in [6.07, 6.45) is 0. The Kier molecular flexibility index (Phi) is 3.76. The van der Waals surface area contributed by atoms with Crippen LogP contribution in [0.15, 0.2) is 18.2 Å². The largest absolute Gasteiger partial charge is 0.465 e. The summed E-state index contributed by atoms with van der Waals surface area (Å²) in [6.45, 7) is 0. The Hall–Kier alpha value is -2.44. The first-order valence-corrected chi connectivity index (χ1v) is 4.47. The molecule has 0 aliphatic heterocycles. The Morgan fingerprint density at radius 2 is 1.76 bits per heavy atom. The van der Waals surface area contributed by atoms with E-state index >= 15 is 0 Å². The fourth-order valence-corrected chi connectivity index (χ4v) is 1.29. The highest BCUT2D eigenvalue weighted by atomic mass is 16.6. The van der Waals surface area contributed by atoms with Crippen LogP contribution in [0.25, 0.3) is 0 Å². The molecule has 0 spiro atoms. The summed E-state index contributed by atoms with van der Waals surface area (Å²) in [5, 5.41) is 10.8. The van der Waals surface area contributed by atoms with Crippen molar-refractivity contribution in [1.29, 1.82) is 0 Å². The van der Waals surface area contributed by atoms with E-state index in [9.17, 15) is 19.7 Å². The van der Waals surface area contributed by atoms with Gasteiger partial charge < -0.3 is 9.47 Å². The van der Waals surface area contributed by atoms with E-state index in [1.54, 1.807) is 0 Å². The lowest BCUT2D eigenvalue weighted by molar-refractivity contribution is -0.385. The zero-order chi connectivity index (χ0) is 13.0. The Labute approximate surface area is 96.1 Å². The van der Waals surface area contributed by atoms with Gasteiger partial charge in [-0.15, -0.1) is 0 Å². The number of nitrogens with zero attached hydrogens (tertiary/aromatic N) is 1. The molecule has 0 unspecified atom stereocenters. The van der Waals surface area contributed by atoms with Crippen molar-refractivity contribution in [3.63, 3.8) is 0 Å². The number of hydrogen-bond acceptors (Lipinski definition) is 6. The number of carbonyl (C=O) groups is 2. The average molecular weight is 239 g/mol. The zero-order valence-corrected chi connectivity index (χ0v) is 9.13. The van der Waals surface area contributed by atoms with Crippen LogP contribution in [0.4, 0.5) is 5.69 Å². The van der Waals surface area contributed by atoms with E-state index in [0.717, 1.165) is 20.3 Å². The van der Waals surface area contributed by atoms with E-state index in [4.69, 9.17) is 0 Å². The van der Waals surface area contributed by atoms with E-state index in [1.165, 1.54) is 12.1 Å². The second-order valence-corrected chi connectivity index (χ2v) is 2.94. The lowest BCUT2D eigenvalue weighted by atomic mass is 10.1. The van der Waals surface area contributed by atoms with Crippen molar-refractivity contribution in [2.45, 2.75) is 0 Å². The monoisotopic (exact) mass is 239 g/mol. The lowest BCUT2D eigenvalue weighted by Gasteiger charge is -2.06. The summed E-state index contributed by atoms with van der Waals surface area (Å²) in [7, 11) is 2.18. The molecule has 0 N–H and O–H groups in total. The van der Waals surface area contributed by atoms with Crippen LogP contribution in [0.2, 0.25) is 0 Å². The van der Waals surface area contributed by atoms with Crippen molar-refractivity contribution in [2.24, 2.45) is 0 Å². The van der Waals surface area contributed by atoms with Gasteiger partial charge in [-0.05, 0) is 6.07 Å². The predicted molar refractivity (Wildman–Crippen MR) is 55.8 cm³/mol. The first kappa shape index (κ1) is 12.6. The molecule has 7 nitrogen and oxygen atoms in total. The van der Waals surface area contributed by atoms with Crippen LogP contribution in [0, 0.1) is 10.1 Å². The quantitative estimate of drug-likeness (QED) is 0.446. The molecule has 0 aliphatic rings. The van der Waals surface area contributed by atoms with Crippen LogP contribution in [-0.2, 0) is 9.47 Å². The molecular formula is C10H9NO6. The molecule has 1 aromatic carbocycles. The predicted octanol–water partition coefficient (Wildman–Crippen LogP) is 1.17. The fourth-order valence-electron chi connectivity index (χ4n) is 1.29. The molecule has 0 atom stereocenters. The van der Waals surface area contributed by atoms with Gasteiger partial charge in [0.05, 0.1) is 24.7 Å². The van der Waals surface area contributed by atoms with Gasteiger partial charge in [0, 0.05) is 6.07 Å². The minimum absolute atomic E-state index is 0.200. The smallest absolute Gasteiger partial charge is 0.345 e. The van der Waals surface area contributed by atoms with E-state index in [-0.39, 0.29) is 5.56 Å². The van der Waals surface area contributed by atoms with Gasteiger partial charge in [-0.3, -0.25) is 10.1 Å². The van der Waals surface area contributed by atoms with E-state index < -0.39 is 28.1 Å². The maximum absolute atomic E-state index is 11.4. The number of esters is 2. The number of nitro groups is 1. The van der Waals surface area contributed by atoms with Crippen molar-refractivity contribution in [1.82, 2.24) is 0 Å². The molecule has 0 amide bonds. The van der Waals surface area contributed by atoms with Gasteiger partial charge in [-0.1, -0.05) is 6.07 Å². The van der Waals surface area contributed by atoms with Gasteiger partial charge in [0.15, 0.2) is 5.56 Å². The van der Waals surface area contributed by atoms with Gasteiger partial charge in [0.2, 0.25) is 0 Å².